The van der Waals surface area contributed by atoms with E-state index in [1.807, 2.05) is 0 Å². The summed E-state index contributed by atoms with van der Waals surface area (Å²) in [6, 6.07) is 4.60. The van der Waals surface area contributed by atoms with Crippen LogP contribution in [-0.2, 0) is 0 Å². The number of rotatable bonds is 1. The molecule has 0 saturated carbocycles. The second-order valence-electron chi connectivity index (χ2n) is 7.93. The van der Waals surface area contributed by atoms with Crippen LogP contribution in [-0.4, -0.2) is 17.3 Å². The summed E-state index contributed by atoms with van der Waals surface area (Å²) in [6.45, 7) is 20.6. The van der Waals surface area contributed by atoms with E-state index in [1.165, 1.54) is 20.3 Å². The van der Waals surface area contributed by atoms with E-state index in [4.69, 9.17) is 8.92 Å². The summed E-state index contributed by atoms with van der Waals surface area (Å²) >= 11 is -3.08. The summed E-state index contributed by atoms with van der Waals surface area (Å²) in [5, 5.41) is 0. The van der Waals surface area contributed by atoms with Crippen molar-refractivity contribution in [3.8, 4) is 0 Å². The van der Waals surface area contributed by atoms with Gasteiger partial charge in [0.2, 0.25) is 0 Å². The van der Waals surface area contributed by atoms with Crippen molar-refractivity contribution in [3.63, 3.8) is 0 Å². The SMILES string of the molecule is Cc1cc(C)[c]([Sn]([Cl])([C](C)(C)C)[C](C)(C)C)c(C)c1. The Hall–Kier alpha value is 0.309. The van der Waals surface area contributed by atoms with E-state index in [2.05, 4.69) is 74.4 Å². The minimum absolute atomic E-state index is 0.194. The number of hydrogen-bond acceptors (Lipinski definition) is 0. The van der Waals surface area contributed by atoms with Gasteiger partial charge in [0.15, 0.2) is 0 Å². The summed E-state index contributed by atoms with van der Waals surface area (Å²) in [4.78, 5) is 0. The van der Waals surface area contributed by atoms with Gasteiger partial charge in [0.1, 0.15) is 0 Å². The van der Waals surface area contributed by atoms with Crippen LogP contribution in [0.1, 0.15) is 58.2 Å². The van der Waals surface area contributed by atoms with Crippen LogP contribution in [0.4, 0.5) is 0 Å². The fourth-order valence-corrected chi connectivity index (χ4v) is 19.8. The van der Waals surface area contributed by atoms with Gasteiger partial charge in [0.25, 0.3) is 0 Å². The van der Waals surface area contributed by atoms with Crippen molar-refractivity contribution in [1.82, 2.24) is 0 Å². The van der Waals surface area contributed by atoms with Crippen molar-refractivity contribution in [1.29, 1.82) is 0 Å². The summed E-state index contributed by atoms with van der Waals surface area (Å²) in [7, 11) is 7.49. The molecule has 0 amide bonds. The topological polar surface area (TPSA) is 0 Å². The Morgan fingerprint density at radius 1 is 0.789 bits per heavy atom. The fraction of sp³-hybridized carbons (Fsp3) is 0.647. The predicted octanol–water partition coefficient (Wildman–Crippen LogP) is 5.60. The Balaban J connectivity index is 3.72. The quantitative estimate of drug-likeness (QED) is 0.550. The van der Waals surface area contributed by atoms with Gasteiger partial charge in [-0.15, -0.1) is 0 Å². The van der Waals surface area contributed by atoms with Gasteiger partial charge < -0.3 is 0 Å². The van der Waals surface area contributed by atoms with Gasteiger partial charge in [-0.1, -0.05) is 0 Å². The molecule has 0 fully saturated rings. The molecule has 0 aliphatic heterocycles. The van der Waals surface area contributed by atoms with E-state index in [0.717, 1.165) is 0 Å². The molecule has 0 bridgehead atoms. The molecule has 0 aliphatic rings. The van der Waals surface area contributed by atoms with Gasteiger partial charge in [-0.05, 0) is 0 Å². The van der Waals surface area contributed by atoms with Crippen molar-refractivity contribution in [2.45, 2.75) is 69.2 Å². The maximum atomic E-state index is 7.49. The minimum atomic E-state index is -3.08. The average Bonchev–Trinajstić information content (AvgIpc) is 2.11. The molecule has 0 aliphatic carbocycles. The van der Waals surface area contributed by atoms with E-state index in [-0.39, 0.29) is 6.86 Å². The maximum absolute atomic E-state index is 7.49. The molecule has 1 aromatic rings. The van der Waals surface area contributed by atoms with Crippen molar-refractivity contribution in [3.05, 3.63) is 28.8 Å². The van der Waals surface area contributed by atoms with Crippen LogP contribution >= 0.6 is 8.92 Å². The van der Waals surface area contributed by atoms with E-state index in [9.17, 15) is 0 Å². The molecule has 0 N–H and O–H groups in total. The zero-order valence-corrected chi connectivity index (χ0v) is 17.6. The number of halogens is 1. The van der Waals surface area contributed by atoms with Crippen LogP contribution in [0.2, 0.25) is 6.86 Å². The summed E-state index contributed by atoms with van der Waals surface area (Å²) in [5.41, 5.74) is 4.13. The van der Waals surface area contributed by atoms with Crippen molar-refractivity contribution >= 4 is 29.8 Å². The molecular formula is C17H29ClSn. The molecule has 2 heteroatoms. The molecule has 0 unspecified atom stereocenters. The van der Waals surface area contributed by atoms with E-state index in [0.29, 0.717) is 0 Å². The normalized spacial score (nSPS) is 13.8. The molecule has 0 nitrogen and oxygen atoms in total. The molecule has 19 heavy (non-hydrogen) atoms. The summed E-state index contributed by atoms with van der Waals surface area (Å²) in [6.07, 6.45) is 0. The second kappa shape index (κ2) is 5.25. The van der Waals surface area contributed by atoms with Crippen LogP contribution in [0.5, 0.6) is 0 Å². The Morgan fingerprint density at radius 2 is 1.11 bits per heavy atom. The van der Waals surface area contributed by atoms with Crippen molar-refractivity contribution in [2.75, 3.05) is 0 Å². The predicted molar refractivity (Wildman–Crippen MR) is 91.3 cm³/mol. The van der Waals surface area contributed by atoms with E-state index < -0.39 is 17.3 Å². The van der Waals surface area contributed by atoms with Crippen LogP contribution in [0.3, 0.4) is 0 Å². The molecule has 1 rings (SSSR count). The zero-order valence-electron chi connectivity index (χ0n) is 14.0. The molecule has 108 valence electrons. The molecule has 0 heterocycles. The third kappa shape index (κ3) is 3.00. The third-order valence-electron chi connectivity index (χ3n) is 4.09. The zero-order chi connectivity index (χ0) is 15.2. The van der Waals surface area contributed by atoms with Crippen molar-refractivity contribution < 1.29 is 0 Å². The standard InChI is InChI=1S/C9H11.2C4H9.ClH.Sn/c1-7-4-8(2)6-9(3)5-7;2*1-4(2)3;;/h4-5H,1-3H3;2*1-3H3;1H;/q;;;;+1/p-1. The molecule has 0 atom stereocenters. The summed E-state index contributed by atoms with van der Waals surface area (Å²) in [5.74, 6) is 0. The Bertz CT molecular complexity index is 438. The van der Waals surface area contributed by atoms with Gasteiger partial charge in [-0.25, -0.2) is 0 Å². The first kappa shape index (κ1) is 17.4. The Morgan fingerprint density at radius 3 is 1.37 bits per heavy atom. The number of hydrogen-bond donors (Lipinski definition) is 0. The van der Waals surface area contributed by atoms with Crippen LogP contribution < -0.4 is 3.58 Å². The Kier molecular flexibility index (Phi) is 4.80. The Labute approximate surface area is 127 Å². The van der Waals surface area contributed by atoms with E-state index >= 15 is 0 Å². The van der Waals surface area contributed by atoms with Gasteiger partial charge in [-0.2, -0.15) is 0 Å². The van der Waals surface area contributed by atoms with Gasteiger partial charge >= 0.3 is 128 Å². The first-order chi connectivity index (χ1) is 8.32. The molecule has 0 spiro atoms. The van der Waals surface area contributed by atoms with Crippen LogP contribution in [0.25, 0.3) is 0 Å². The third-order valence-corrected chi connectivity index (χ3v) is 29.0. The van der Waals surface area contributed by atoms with Gasteiger partial charge in [0.05, 0.1) is 0 Å². The number of aryl methyl sites for hydroxylation is 3. The molecular weight excluding hydrogens is 358 g/mol. The average molecular weight is 388 g/mol. The van der Waals surface area contributed by atoms with Gasteiger partial charge in [-0.3, -0.25) is 0 Å². The summed E-state index contributed by atoms with van der Waals surface area (Å²) < 4.78 is 1.90. The van der Waals surface area contributed by atoms with Crippen LogP contribution in [0.15, 0.2) is 12.1 Å². The van der Waals surface area contributed by atoms with Crippen LogP contribution in [0, 0.1) is 20.8 Å². The first-order valence-electron chi connectivity index (χ1n) is 7.09. The van der Waals surface area contributed by atoms with Crippen molar-refractivity contribution in [2.24, 2.45) is 0 Å². The second-order valence-corrected chi connectivity index (χ2v) is 25.5. The fourth-order valence-electron chi connectivity index (χ4n) is 3.60. The monoisotopic (exact) mass is 388 g/mol. The molecule has 0 radical (unpaired) electrons. The number of benzene rings is 1. The molecule has 1 aromatic carbocycles. The molecule has 0 aromatic heterocycles. The van der Waals surface area contributed by atoms with Gasteiger partial charge in [0, 0.05) is 0 Å². The molecule has 0 saturated heterocycles. The first-order valence-corrected chi connectivity index (χ1v) is 15.0. The van der Waals surface area contributed by atoms with E-state index in [1.54, 1.807) is 0 Å².